The first-order valence-corrected chi connectivity index (χ1v) is 30.8. The van der Waals surface area contributed by atoms with Crippen LogP contribution >= 0.6 is 0 Å². The first-order valence-electron chi connectivity index (χ1n) is 8.05. The van der Waals surface area contributed by atoms with Crippen molar-refractivity contribution in [3.63, 3.8) is 0 Å². The smallest absolute Gasteiger partial charge is 0.232 e. The fourth-order valence-electron chi connectivity index (χ4n) is 3.47. The van der Waals surface area contributed by atoms with Gasteiger partial charge >= 0.3 is 0 Å². The first-order chi connectivity index (χ1) is 10.2. The molecule has 0 saturated carbocycles. The molecule has 0 bridgehead atoms. The van der Waals surface area contributed by atoms with E-state index in [9.17, 15) is 0 Å². The Morgan fingerprint density at radius 3 is 1.09 bits per heavy atom. The van der Waals surface area contributed by atoms with Crippen molar-refractivity contribution in [3.8, 4) is 0 Å². The number of rotatable bonds is 10. The van der Waals surface area contributed by atoms with E-state index in [1.807, 2.05) is 0 Å². The fraction of sp³-hybridized carbons (Fsp3) is 1.00. The molecule has 0 amide bonds. The number of hydrogen-bond donors (Lipinski definition) is 0. The van der Waals surface area contributed by atoms with Crippen molar-refractivity contribution in [1.82, 2.24) is 0 Å². The van der Waals surface area contributed by atoms with Crippen molar-refractivity contribution < 1.29 is 20.6 Å². The van der Waals surface area contributed by atoms with E-state index in [1.54, 1.807) is 0 Å². The molecule has 5 nitrogen and oxygen atoms in total. The lowest BCUT2D eigenvalue weighted by Gasteiger charge is -2.56. The Balaban J connectivity index is 6.30. The molecule has 23 heavy (non-hydrogen) atoms. The summed E-state index contributed by atoms with van der Waals surface area (Å²) in [6, 6.07) is 0. The minimum atomic E-state index is -2.22. The third kappa shape index (κ3) is 5.03. The highest BCUT2D eigenvalue weighted by atomic mass is 30.0. The van der Waals surface area contributed by atoms with Gasteiger partial charge in [-0.1, -0.05) is 0 Å². The lowest BCUT2D eigenvalue weighted by Crippen LogP contribution is -2.89. The monoisotopic (exact) mass is 494 g/mol. The van der Waals surface area contributed by atoms with Gasteiger partial charge in [-0.05, 0) is 52.4 Å². The molecular formula is C8H38O5Si10. The fourth-order valence-corrected chi connectivity index (χ4v) is 116. The zero-order valence-corrected chi connectivity index (χ0v) is 31.7. The van der Waals surface area contributed by atoms with Crippen molar-refractivity contribution in [2.75, 3.05) is 0 Å². The Labute approximate surface area is 161 Å². The van der Waals surface area contributed by atoms with Crippen molar-refractivity contribution in [2.45, 2.75) is 52.4 Å². The normalized spacial score (nSPS) is 18.3. The predicted molar refractivity (Wildman–Crippen MR) is 129 cm³/mol. The Kier molecular flexibility index (Phi) is 9.52. The van der Waals surface area contributed by atoms with E-state index in [0.29, 0.717) is 0 Å². The van der Waals surface area contributed by atoms with Gasteiger partial charge in [0.1, 0.15) is 41.9 Å². The lowest BCUT2D eigenvalue weighted by molar-refractivity contribution is 0.543. The summed E-state index contributed by atoms with van der Waals surface area (Å²) in [4.78, 5) is 0. The highest BCUT2D eigenvalue weighted by Crippen LogP contribution is 2.38. The van der Waals surface area contributed by atoms with E-state index in [4.69, 9.17) is 20.6 Å². The van der Waals surface area contributed by atoms with Crippen LogP contribution in [-0.2, 0) is 20.6 Å². The maximum atomic E-state index is 7.17. The van der Waals surface area contributed by atoms with E-state index in [1.165, 1.54) is 0 Å². The van der Waals surface area contributed by atoms with Crippen LogP contribution in [0.15, 0.2) is 0 Å². The SMILES string of the molecule is C[Si](C)(O[SiH3])[SiH2]O[Si]([Si](C)(C)O[SiH3])([Si](C)(C)O[SiH3])[Si](C)(C)O[SiH3]. The summed E-state index contributed by atoms with van der Waals surface area (Å²) in [5.41, 5.74) is 0. The topological polar surface area (TPSA) is 46.2 Å². The van der Waals surface area contributed by atoms with Crippen LogP contribution in [0.3, 0.4) is 0 Å². The Morgan fingerprint density at radius 2 is 0.870 bits per heavy atom. The molecule has 0 fully saturated rings. The zero-order chi connectivity index (χ0) is 18.7. The van der Waals surface area contributed by atoms with Gasteiger partial charge in [0.05, 0.1) is 0 Å². The molecule has 15 heteroatoms. The zero-order valence-electron chi connectivity index (χ0n) is 17.2. The average Bonchev–Trinajstić information content (AvgIpc) is 2.46. The molecule has 0 aromatic carbocycles. The van der Waals surface area contributed by atoms with Gasteiger partial charge in [-0.3, -0.25) is 0 Å². The second-order valence-corrected chi connectivity index (χ2v) is 57.6. The molecule has 0 aliphatic rings. The van der Waals surface area contributed by atoms with Crippen LogP contribution < -0.4 is 0 Å². The largest absolute Gasteiger partial charge is 0.464 e. The summed E-state index contributed by atoms with van der Waals surface area (Å²) in [5, 5.41) is 0. The van der Waals surface area contributed by atoms with Gasteiger partial charge in [-0.2, -0.15) is 0 Å². The predicted octanol–water partition coefficient (Wildman–Crippen LogP) is -3.23. The van der Waals surface area contributed by atoms with Crippen molar-refractivity contribution in [3.05, 3.63) is 0 Å². The second-order valence-electron chi connectivity index (χ2n) is 8.08. The summed E-state index contributed by atoms with van der Waals surface area (Å²) in [6.45, 7) is 16.7. The molecule has 0 saturated heterocycles. The minimum absolute atomic E-state index is 0.709. The van der Waals surface area contributed by atoms with Crippen LogP contribution in [0.25, 0.3) is 0 Å². The van der Waals surface area contributed by atoms with Crippen LogP contribution in [0.4, 0.5) is 0 Å². The number of hydrogen-bond acceptors (Lipinski definition) is 5. The van der Waals surface area contributed by atoms with E-state index < -0.39 is 47.5 Å². The molecule has 0 unspecified atom stereocenters. The summed E-state index contributed by atoms with van der Waals surface area (Å²) in [6.07, 6.45) is 0. The molecule has 0 heterocycles. The molecule has 0 aromatic heterocycles. The van der Waals surface area contributed by atoms with Gasteiger partial charge in [0, 0.05) is 0 Å². The maximum Gasteiger partial charge on any atom is 0.232 e. The molecule has 0 aliphatic heterocycles. The molecule has 0 atom stereocenters. The van der Waals surface area contributed by atoms with Gasteiger partial charge in [-0.25, -0.2) is 0 Å². The van der Waals surface area contributed by atoms with E-state index >= 15 is 0 Å². The van der Waals surface area contributed by atoms with E-state index in [2.05, 4.69) is 52.4 Å². The maximum absolute atomic E-state index is 7.17. The molecule has 0 aliphatic carbocycles. The highest BCUT2D eigenvalue weighted by Gasteiger charge is 2.72. The summed E-state index contributed by atoms with van der Waals surface area (Å²) in [7, 11) is -5.11. The van der Waals surface area contributed by atoms with Crippen molar-refractivity contribution in [1.29, 1.82) is 0 Å². The van der Waals surface area contributed by atoms with Crippen LogP contribution in [0, 0.1) is 0 Å². The third-order valence-corrected chi connectivity index (χ3v) is 93.2. The van der Waals surface area contributed by atoms with Gasteiger partial charge < -0.3 is 20.6 Å². The molecule has 140 valence electrons. The first kappa shape index (κ1) is 25.0. The van der Waals surface area contributed by atoms with E-state index in [0.717, 1.165) is 41.9 Å². The highest BCUT2D eigenvalue weighted by molar-refractivity contribution is 7.86. The lowest BCUT2D eigenvalue weighted by atomic mass is 11.9. The van der Waals surface area contributed by atoms with Crippen LogP contribution in [0.1, 0.15) is 0 Å². The van der Waals surface area contributed by atoms with Crippen LogP contribution in [0.5, 0.6) is 0 Å². The van der Waals surface area contributed by atoms with Gasteiger partial charge in [0.25, 0.3) is 0 Å². The molecule has 0 spiro atoms. The quantitative estimate of drug-likeness (QED) is 0.299. The summed E-state index contributed by atoms with van der Waals surface area (Å²) < 4.78 is 32.1. The Bertz CT molecular complexity index is 349. The van der Waals surface area contributed by atoms with Crippen molar-refractivity contribution >= 4 is 89.4 Å². The summed E-state index contributed by atoms with van der Waals surface area (Å²) in [5.74, 6) is 0. The molecule has 0 radical (unpaired) electrons. The second kappa shape index (κ2) is 8.77. The van der Waals surface area contributed by atoms with E-state index in [-0.39, 0.29) is 0 Å². The summed E-state index contributed by atoms with van der Waals surface area (Å²) >= 11 is 0. The average molecular weight is 495 g/mol. The van der Waals surface area contributed by atoms with Gasteiger partial charge in [0.15, 0.2) is 40.6 Å². The molecule has 0 N–H and O–H groups in total. The third-order valence-electron chi connectivity index (χ3n) is 5.26. The van der Waals surface area contributed by atoms with Crippen LogP contribution in [-0.4, -0.2) is 89.4 Å². The van der Waals surface area contributed by atoms with Crippen LogP contribution in [0.2, 0.25) is 52.4 Å². The standard InChI is InChI=1S/C8H38O5Si10/c1-19(2,9-14)18-13-23(20(3,4)10-15,21(5,6)11-16)22(7,8)12-17/h18H2,1-8,14-17H3. The molecule has 0 aromatic rings. The van der Waals surface area contributed by atoms with Gasteiger partial charge in [-0.15, -0.1) is 0 Å². The van der Waals surface area contributed by atoms with Gasteiger partial charge in [0.2, 0.25) is 6.87 Å². The molecule has 0 rings (SSSR count). The Hall–Kier alpha value is 1.97. The minimum Gasteiger partial charge on any atom is -0.464 e. The Morgan fingerprint density at radius 1 is 0.565 bits per heavy atom. The van der Waals surface area contributed by atoms with Crippen molar-refractivity contribution in [2.24, 2.45) is 0 Å². The molecular weight excluding hydrogens is 457 g/mol.